The van der Waals surface area contributed by atoms with Crippen LogP contribution in [0.1, 0.15) is 16.8 Å². The molecule has 0 fully saturated rings. The normalized spacial score (nSPS) is 10.8. The summed E-state index contributed by atoms with van der Waals surface area (Å²) in [5.74, 6) is 0.762. The smallest absolute Gasteiger partial charge is 0.170 e. The zero-order chi connectivity index (χ0) is 19.3. The molecule has 5 nitrogen and oxygen atoms in total. The number of para-hydroxylation sites is 1. The van der Waals surface area contributed by atoms with E-state index in [9.17, 15) is 4.39 Å². The number of anilines is 2. The zero-order valence-corrected chi connectivity index (χ0v) is 15.1. The molecule has 2 aromatic carbocycles. The van der Waals surface area contributed by atoms with Crippen LogP contribution in [-0.2, 0) is 13.0 Å². The fourth-order valence-electron chi connectivity index (χ4n) is 2.93. The van der Waals surface area contributed by atoms with Gasteiger partial charge in [0.2, 0.25) is 0 Å². The fourth-order valence-corrected chi connectivity index (χ4v) is 2.93. The number of hydrogen-bond acceptors (Lipinski definition) is 5. The molecule has 0 radical (unpaired) electrons. The van der Waals surface area contributed by atoms with Crippen LogP contribution in [-0.4, -0.2) is 10.1 Å². The molecule has 4 aromatic rings. The second-order valence-corrected chi connectivity index (χ2v) is 6.45. The molecule has 0 unspecified atom stereocenters. The molecule has 2 heterocycles. The standard InChI is InChI=1S/C22H19FN4O/c23-19-5-1-2-6-20(19)26-14-16-9-7-15(8-10-16)12-17-13-21(28-27-17)18-4-3-11-25-22(18)24/h1-11,13,26H,12,14H2,(H2,24,25). The van der Waals surface area contributed by atoms with Crippen molar-refractivity contribution in [3.05, 3.63) is 95.6 Å². The van der Waals surface area contributed by atoms with Crippen molar-refractivity contribution in [3.63, 3.8) is 0 Å². The summed E-state index contributed by atoms with van der Waals surface area (Å²) in [6.45, 7) is 0.551. The van der Waals surface area contributed by atoms with Crippen molar-refractivity contribution in [2.75, 3.05) is 11.1 Å². The molecule has 0 bridgehead atoms. The predicted octanol–water partition coefficient (Wildman–Crippen LogP) is 4.66. The summed E-state index contributed by atoms with van der Waals surface area (Å²) in [4.78, 5) is 4.06. The average Bonchev–Trinajstić information content (AvgIpc) is 3.17. The first-order valence-corrected chi connectivity index (χ1v) is 8.92. The zero-order valence-electron chi connectivity index (χ0n) is 15.1. The van der Waals surface area contributed by atoms with E-state index in [4.69, 9.17) is 10.3 Å². The van der Waals surface area contributed by atoms with Crippen LogP contribution in [0.3, 0.4) is 0 Å². The summed E-state index contributed by atoms with van der Waals surface area (Å²) < 4.78 is 19.1. The number of hydrogen-bond donors (Lipinski definition) is 2. The Bertz CT molecular complexity index is 1080. The first-order chi connectivity index (χ1) is 13.7. The predicted molar refractivity (Wildman–Crippen MR) is 107 cm³/mol. The first kappa shape index (κ1) is 17.7. The highest BCUT2D eigenvalue weighted by Crippen LogP contribution is 2.25. The minimum absolute atomic E-state index is 0.254. The lowest BCUT2D eigenvalue weighted by molar-refractivity contribution is 0.425. The molecule has 0 atom stereocenters. The van der Waals surface area contributed by atoms with Gasteiger partial charge in [0.1, 0.15) is 11.6 Å². The first-order valence-electron chi connectivity index (χ1n) is 8.92. The maximum absolute atomic E-state index is 13.7. The van der Waals surface area contributed by atoms with E-state index in [-0.39, 0.29) is 5.82 Å². The van der Waals surface area contributed by atoms with Crippen LogP contribution in [0.5, 0.6) is 0 Å². The molecule has 0 saturated carbocycles. The summed E-state index contributed by atoms with van der Waals surface area (Å²) in [6, 6.07) is 20.3. The monoisotopic (exact) mass is 374 g/mol. The summed E-state index contributed by atoms with van der Waals surface area (Å²) >= 11 is 0. The molecule has 0 spiro atoms. The van der Waals surface area contributed by atoms with Gasteiger partial charge in [0, 0.05) is 25.2 Å². The number of rotatable bonds is 6. The highest BCUT2D eigenvalue weighted by Gasteiger charge is 2.10. The van der Waals surface area contributed by atoms with Gasteiger partial charge >= 0.3 is 0 Å². The van der Waals surface area contributed by atoms with Crippen LogP contribution in [0, 0.1) is 5.82 Å². The Labute approximate surface area is 162 Å². The molecular weight excluding hydrogens is 355 g/mol. The third kappa shape index (κ3) is 4.01. The summed E-state index contributed by atoms with van der Waals surface area (Å²) in [5, 5.41) is 7.23. The van der Waals surface area contributed by atoms with Gasteiger partial charge in [-0.1, -0.05) is 41.6 Å². The number of nitrogens with two attached hydrogens (primary N) is 1. The summed E-state index contributed by atoms with van der Waals surface area (Å²) in [6.07, 6.45) is 2.28. The van der Waals surface area contributed by atoms with Crippen molar-refractivity contribution in [2.45, 2.75) is 13.0 Å². The Morgan fingerprint density at radius 2 is 1.75 bits per heavy atom. The van der Waals surface area contributed by atoms with E-state index >= 15 is 0 Å². The van der Waals surface area contributed by atoms with Crippen LogP contribution in [0.15, 0.2) is 77.4 Å². The molecule has 0 amide bonds. The van der Waals surface area contributed by atoms with Crippen molar-refractivity contribution < 1.29 is 8.91 Å². The molecule has 3 N–H and O–H groups in total. The Kier molecular flexibility index (Phi) is 5.01. The number of halogens is 1. The molecule has 28 heavy (non-hydrogen) atoms. The van der Waals surface area contributed by atoms with Crippen molar-refractivity contribution in [1.82, 2.24) is 10.1 Å². The number of aromatic nitrogens is 2. The lowest BCUT2D eigenvalue weighted by atomic mass is 10.1. The van der Waals surface area contributed by atoms with Crippen LogP contribution < -0.4 is 11.1 Å². The Hall–Kier alpha value is -3.67. The number of nitrogens with one attached hydrogen (secondary N) is 1. The molecule has 2 aromatic heterocycles. The number of pyridine rings is 1. The number of benzene rings is 2. The van der Waals surface area contributed by atoms with Gasteiger partial charge in [0.05, 0.1) is 16.9 Å². The van der Waals surface area contributed by atoms with Crippen molar-refractivity contribution in [2.24, 2.45) is 0 Å². The lowest BCUT2D eigenvalue weighted by Gasteiger charge is -2.08. The quantitative estimate of drug-likeness (QED) is 0.513. The largest absolute Gasteiger partial charge is 0.383 e. The van der Waals surface area contributed by atoms with Gasteiger partial charge in [0.25, 0.3) is 0 Å². The van der Waals surface area contributed by atoms with Gasteiger partial charge in [-0.3, -0.25) is 0 Å². The Morgan fingerprint density at radius 3 is 2.54 bits per heavy atom. The topological polar surface area (TPSA) is 77.0 Å². The van der Waals surface area contributed by atoms with Crippen molar-refractivity contribution in [1.29, 1.82) is 0 Å². The van der Waals surface area contributed by atoms with Gasteiger partial charge in [-0.15, -0.1) is 0 Å². The molecule has 0 aliphatic heterocycles. The molecule has 6 heteroatoms. The van der Waals surface area contributed by atoms with Gasteiger partial charge in [-0.2, -0.15) is 0 Å². The summed E-state index contributed by atoms with van der Waals surface area (Å²) in [7, 11) is 0. The third-order valence-corrected chi connectivity index (χ3v) is 4.43. The molecule has 140 valence electrons. The van der Waals surface area contributed by atoms with E-state index in [2.05, 4.69) is 15.5 Å². The highest BCUT2D eigenvalue weighted by molar-refractivity contribution is 5.69. The maximum Gasteiger partial charge on any atom is 0.170 e. The molecular formula is C22H19FN4O. The van der Waals surface area contributed by atoms with Crippen LogP contribution in [0.25, 0.3) is 11.3 Å². The van der Waals surface area contributed by atoms with Gasteiger partial charge in [-0.25, -0.2) is 9.37 Å². The van der Waals surface area contributed by atoms with E-state index < -0.39 is 0 Å². The molecule has 4 rings (SSSR count). The molecule has 0 saturated heterocycles. The minimum Gasteiger partial charge on any atom is -0.383 e. The minimum atomic E-state index is -0.254. The van der Waals surface area contributed by atoms with E-state index in [0.717, 1.165) is 22.4 Å². The number of nitrogens with zero attached hydrogens (tertiary/aromatic N) is 2. The van der Waals surface area contributed by atoms with Crippen LogP contribution >= 0.6 is 0 Å². The van der Waals surface area contributed by atoms with Gasteiger partial charge in [0.15, 0.2) is 5.76 Å². The van der Waals surface area contributed by atoms with Crippen molar-refractivity contribution in [3.8, 4) is 11.3 Å². The average molecular weight is 374 g/mol. The maximum atomic E-state index is 13.7. The third-order valence-electron chi connectivity index (χ3n) is 4.43. The lowest BCUT2D eigenvalue weighted by Crippen LogP contribution is -2.01. The van der Waals surface area contributed by atoms with E-state index in [1.807, 2.05) is 42.5 Å². The second-order valence-electron chi connectivity index (χ2n) is 6.45. The highest BCUT2D eigenvalue weighted by atomic mass is 19.1. The molecule has 0 aliphatic carbocycles. The van der Waals surface area contributed by atoms with Crippen LogP contribution in [0.2, 0.25) is 0 Å². The summed E-state index contributed by atoms with van der Waals surface area (Å²) in [5.41, 5.74) is 10.1. The molecule has 0 aliphatic rings. The van der Waals surface area contributed by atoms with E-state index in [1.54, 1.807) is 24.4 Å². The second kappa shape index (κ2) is 7.92. The number of nitrogen functional groups attached to an aromatic ring is 1. The van der Waals surface area contributed by atoms with E-state index in [1.165, 1.54) is 6.07 Å². The van der Waals surface area contributed by atoms with Crippen LogP contribution in [0.4, 0.5) is 15.9 Å². The SMILES string of the molecule is Nc1ncccc1-c1cc(Cc2ccc(CNc3ccccc3F)cc2)no1. The Balaban J connectivity index is 1.40. The fraction of sp³-hybridized carbons (Fsp3) is 0.0909. The van der Waals surface area contributed by atoms with Gasteiger partial charge in [-0.05, 0) is 35.4 Å². The van der Waals surface area contributed by atoms with Crippen molar-refractivity contribution >= 4 is 11.5 Å². The van der Waals surface area contributed by atoms with E-state index in [0.29, 0.717) is 30.2 Å². The van der Waals surface area contributed by atoms with Gasteiger partial charge < -0.3 is 15.6 Å². The Morgan fingerprint density at radius 1 is 0.964 bits per heavy atom.